The molecule has 0 bridgehead atoms. The topological polar surface area (TPSA) is 72.2 Å². The van der Waals surface area contributed by atoms with E-state index in [0.29, 0.717) is 0 Å². The van der Waals surface area contributed by atoms with Crippen molar-refractivity contribution in [1.82, 2.24) is 5.32 Å². The second-order valence-electron chi connectivity index (χ2n) is 6.36. The summed E-state index contributed by atoms with van der Waals surface area (Å²) in [6.45, 7) is 0. The molecule has 4 nitrogen and oxygen atoms in total. The summed E-state index contributed by atoms with van der Waals surface area (Å²) in [7, 11) is 0. The van der Waals surface area contributed by atoms with Crippen molar-refractivity contribution in [2.45, 2.75) is 18.6 Å². The molecule has 0 aliphatic carbocycles. The molecule has 3 aromatic rings. The number of alkyl halides is 3. The van der Waals surface area contributed by atoms with Crippen molar-refractivity contribution >= 4 is 22.6 Å². The maximum absolute atomic E-state index is 13.1. The number of hydrogen-bond donors (Lipinski definition) is 2. The third kappa shape index (κ3) is 4.31. The summed E-state index contributed by atoms with van der Waals surface area (Å²) in [5.74, 6) is -1.83. The van der Waals surface area contributed by atoms with Gasteiger partial charge in [-0.2, -0.15) is 13.2 Å². The van der Waals surface area contributed by atoms with Gasteiger partial charge < -0.3 is 11.1 Å². The zero-order valence-electron chi connectivity index (χ0n) is 14.7. The minimum absolute atomic E-state index is 0.0695. The second-order valence-corrected chi connectivity index (χ2v) is 6.36. The van der Waals surface area contributed by atoms with Gasteiger partial charge in [0, 0.05) is 6.42 Å². The van der Waals surface area contributed by atoms with Crippen molar-refractivity contribution in [1.29, 1.82) is 0 Å². The first-order chi connectivity index (χ1) is 13.3. The number of primary amides is 1. The monoisotopic (exact) mass is 386 g/mol. The highest BCUT2D eigenvalue weighted by molar-refractivity contribution is 5.98. The Kier molecular flexibility index (Phi) is 5.35. The summed E-state index contributed by atoms with van der Waals surface area (Å²) < 4.78 is 39.4. The second kappa shape index (κ2) is 7.72. The molecule has 3 aromatic carbocycles. The van der Waals surface area contributed by atoms with Gasteiger partial charge in [0.05, 0.1) is 11.1 Å². The molecule has 0 unspecified atom stereocenters. The molecule has 0 saturated carbocycles. The number of carbonyl (C=O) groups is 2. The molecule has 144 valence electrons. The molecule has 0 aliphatic rings. The summed E-state index contributed by atoms with van der Waals surface area (Å²) in [5, 5.41) is 4.27. The summed E-state index contributed by atoms with van der Waals surface area (Å²) in [6, 6.07) is 16.3. The fraction of sp³-hybridized carbons (Fsp3) is 0.143. The lowest BCUT2D eigenvalue weighted by atomic mass is 10.0. The van der Waals surface area contributed by atoms with Crippen LogP contribution >= 0.6 is 0 Å². The van der Waals surface area contributed by atoms with E-state index in [0.717, 1.165) is 28.5 Å². The van der Waals surface area contributed by atoms with E-state index in [1.54, 1.807) is 6.07 Å². The first-order valence-electron chi connectivity index (χ1n) is 8.50. The number of halogens is 3. The molecule has 7 heteroatoms. The highest BCUT2D eigenvalue weighted by Crippen LogP contribution is 2.31. The van der Waals surface area contributed by atoms with Crippen LogP contribution in [-0.4, -0.2) is 17.9 Å². The lowest BCUT2D eigenvalue weighted by molar-refractivity contribution is -0.137. The van der Waals surface area contributed by atoms with Gasteiger partial charge in [-0.25, -0.2) is 0 Å². The van der Waals surface area contributed by atoms with E-state index in [4.69, 9.17) is 5.73 Å². The molecule has 0 heterocycles. The maximum Gasteiger partial charge on any atom is 0.417 e. The zero-order valence-corrected chi connectivity index (χ0v) is 14.7. The Morgan fingerprint density at radius 3 is 2.25 bits per heavy atom. The minimum atomic E-state index is -4.69. The third-order valence-corrected chi connectivity index (χ3v) is 4.38. The Labute approximate surface area is 159 Å². The zero-order chi connectivity index (χ0) is 20.3. The molecule has 1 atom stereocenters. The number of hydrogen-bond acceptors (Lipinski definition) is 2. The normalized spacial score (nSPS) is 12.5. The van der Waals surface area contributed by atoms with Gasteiger partial charge in [-0.05, 0) is 28.5 Å². The van der Waals surface area contributed by atoms with Crippen LogP contribution in [0.15, 0.2) is 66.7 Å². The number of amides is 2. The van der Waals surface area contributed by atoms with Gasteiger partial charge in [-0.1, -0.05) is 54.6 Å². The first-order valence-corrected chi connectivity index (χ1v) is 8.50. The average Bonchev–Trinajstić information content (AvgIpc) is 2.66. The van der Waals surface area contributed by atoms with Gasteiger partial charge in [-0.15, -0.1) is 0 Å². The Morgan fingerprint density at radius 2 is 1.57 bits per heavy atom. The quantitative estimate of drug-likeness (QED) is 0.702. The van der Waals surface area contributed by atoms with Crippen LogP contribution < -0.4 is 11.1 Å². The van der Waals surface area contributed by atoms with Crippen LogP contribution in [0.3, 0.4) is 0 Å². The third-order valence-electron chi connectivity index (χ3n) is 4.38. The van der Waals surface area contributed by atoms with Gasteiger partial charge >= 0.3 is 6.18 Å². The van der Waals surface area contributed by atoms with Crippen LogP contribution in [0.1, 0.15) is 21.5 Å². The van der Waals surface area contributed by atoms with Crippen molar-refractivity contribution < 1.29 is 22.8 Å². The van der Waals surface area contributed by atoms with E-state index in [-0.39, 0.29) is 6.42 Å². The molecule has 3 rings (SSSR count). The SMILES string of the molecule is NC(=O)[C@@H](Cc1ccc2ccccc2c1)NC(=O)c1ccccc1C(F)(F)F. The Balaban J connectivity index is 1.83. The van der Waals surface area contributed by atoms with Crippen LogP contribution in [0.4, 0.5) is 13.2 Å². The van der Waals surface area contributed by atoms with Crippen molar-refractivity contribution in [2.24, 2.45) is 5.73 Å². The van der Waals surface area contributed by atoms with E-state index in [2.05, 4.69) is 5.32 Å². The summed E-state index contributed by atoms with van der Waals surface area (Å²) in [5.41, 5.74) is 4.48. The minimum Gasteiger partial charge on any atom is -0.368 e. The molecule has 3 N–H and O–H groups in total. The molecular weight excluding hydrogens is 369 g/mol. The van der Waals surface area contributed by atoms with Crippen LogP contribution in [0.25, 0.3) is 10.8 Å². The highest BCUT2D eigenvalue weighted by atomic mass is 19.4. The maximum atomic E-state index is 13.1. The summed E-state index contributed by atoms with van der Waals surface area (Å²) in [4.78, 5) is 24.2. The van der Waals surface area contributed by atoms with Crippen LogP contribution in [-0.2, 0) is 17.4 Å². The fourth-order valence-corrected chi connectivity index (χ4v) is 2.99. The number of nitrogens with two attached hydrogens (primary N) is 1. The van der Waals surface area contributed by atoms with Crippen molar-refractivity contribution in [2.75, 3.05) is 0 Å². The number of fused-ring (bicyclic) bond motifs is 1. The predicted molar refractivity (Wildman–Crippen MR) is 99.5 cm³/mol. The van der Waals surface area contributed by atoms with Gasteiger partial charge in [-0.3, -0.25) is 9.59 Å². The van der Waals surface area contributed by atoms with Gasteiger partial charge in [0.25, 0.3) is 5.91 Å². The number of nitrogens with one attached hydrogen (secondary N) is 1. The fourth-order valence-electron chi connectivity index (χ4n) is 2.99. The van der Waals surface area contributed by atoms with Crippen molar-refractivity contribution in [3.63, 3.8) is 0 Å². The lowest BCUT2D eigenvalue weighted by Gasteiger charge is -2.18. The molecule has 28 heavy (non-hydrogen) atoms. The van der Waals surface area contributed by atoms with E-state index in [9.17, 15) is 22.8 Å². The molecule has 0 aliphatic heterocycles. The molecule has 0 radical (unpaired) electrons. The Morgan fingerprint density at radius 1 is 0.929 bits per heavy atom. The van der Waals surface area contributed by atoms with E-state index >= 15 is 0 Å². The van der Waals surface area contributed by atoms with Crippen molar-refractivity contribution in [3.8, 4) is 0 Å². The Bertz CT molecular complexity index is 1030. The van der Waals surface area contributed by atoms with E-state index < -0.39 is 35.2 Å². The largest absolute Gasteiger partial charge is 0.417 e. The van der Waals surface area contributed by atoms with Crippen molar-refractivity contribution in [3.05, 3.63) is 83.4 Å². The molecule has 0 fully saturated rings. The van der Waals surface area contributed by atoms with Gasteiger partial charge in [0.2, 0.25) is 5.91 Å². The average molecular weight is 386 g/mol. The number of rotatable bonds is 5. The predicted octanol–water partition coefficient (Wildman–Crippen LogP) is 3.69. The van der Waals surface area contributed by atoms with Crippen LogP contribution in [0.2, 0.25) is 0 Å². The first kappa shape index (κ1) is 19.4. The van der Waals surface area contributed by atoms with Crippen LogP contribution in [0.5, 0.6) is 0 Å². The molecule has 0 spiro atoms. The van der Waals surface area contributed by atoms with Gasteiger partial charge in [0.1, 0.15) is 6.04 Å². The van der Waals surface area contributed by atoms with Crippen LogP contribution in [0, 0.1) is 0 Å². The lowest BCUT2D eigenvalue weighted by Crippen LogP contribution is -2.46. The molecule has 0 saturated heterocycles. The highest BCUT2D eigenvalue weighted by Gasteiger charge is 2.35. The van der Waals surface area contributed by atoms with E-state index in [1.807, 2.05) is 36.4 Å². The van der Waals surface area contributed by atoms with E-state index in [1.165, 1.54) is 12.1 Å². The summed E-state index contributed by atoms with van der Waals surface area (Å²) >= 11 is 0. The smallest absolute Gasteiger partial charge is 0.368 e. The molecule has 2 amide bonds. The van der Waals surface area contributed by atoms with Gasteiger partial charge in [0.15, 0.2) is 0 Å². The number of benzene rings is 3. The molecule has 0 aromatic heterocycles. The number of carbonyl (C=O) groups excluding carboxylic acids is 2. The summed E-state index contributed by atoms with van der Waals surface area (Å²) in [6.07, 6.45) is -4.62. The molecular formula is C21H17F3N2O2. The standard InChI is InChI=1S/C21H17F3N2O2/c22-21(23,24)17-8-4-3-7-16(17)20(28)26-18(19(25)27)12-13-9-10-14-5-1-2-6-15(14)11-13/h1-11,18H,12H2,(H2,25,27)(H,26,28)/t18-/m1/s1. The Hall–Kier alpha value is -3.35.